The molecule has 0 aliphatic carbocycles. The Labute approximate surface area is 93.3 Å². The number of rotatable bonds is 1. The first kappa shape index (κ1) is 10.7. The minimum atomic E-state index is -1.09. The molecule has 0 bridgehead atoms. The van der Waals surface area contributed by atoms with Gasteiger partial charge in [-0.15, -0.1) is 0 Å². The van der Waals surface area contributed by atoms with E-state index in [0.717, 1.165) is 0 Å². The summed E-state index contributed by atoms with van der Waals surface area (Å²) in [7, 11) is 0. The highest BCUT2D eigenvalue weighted by Gasteiger charge is 2.42. The average molecular weight is 229 g/mol. The van der Waals surface area contributed by atoms with Crippen molar-refractivity contribution in [2.45, 2.75) is 31.7 Å². The van der Waals surface area contributed by atoms with Gasteiger partial charge in [-0.3, -0.25) is 0 Å². The Morgan fingerprint density at radius 2 is 2.07 bits per heavy atom. The first-order valence-electron chi connectivity index (χ1n) is 4.76. The molecule has 0 fully saturated rings. The molecule has 1 aliphatic heterocycles. The van der Waals surface area contributed by atoms with Crippen LogP contribution in [0.15, 0.2) is 18.2 Å². The summed E-state index contributed by atoms with van der Waals surface area (Å²) < 4.78 is 5.48. The van der Waals surface area contributed by atoms with Crippen LogP contribution in [0.25, 0.3) is 0 Å². The number of hydrogen-bond acceptors (Lipinski definition) is 3. The monoisotopic (exact) mass is 228 g/mol. The Hall–Kier alpha value is -0.770. The maximum absolute atomic E-state index is 9.96. The fourth-order valence-electron chi connectivity index (χ4n) is 1.75. The minimum Gasteiger partial charge on any atom is -0.484 e. The van der Waals surface area contributed by atoms with Crippen LogP contribution >= 0.6 is 11.6 Å². The number of benzene rings is 1. The Morgan fingerprint density at radius 1 is 1.40 bits per heavy atom. The molecule has 0 amide bonds. The standard InChI is InChI=1S/C11H13ClO3/c1-11(2,14)10-9(13)7-5-6(12)3-4-8(7)15-10/h3-5,9-10,13-14H,1-2H3/t9-,10+/m0/s1. The van der Waals surface area contributed by atoms with Gasteiger partial charge in [-0.25, -0.2) is 0 Å². The lowest BCUT2D eigenvalue weighted by atomic mass is 9.95. The van der Waals surface area contributed by atoms with E-state index in [1.54, 1.807) is 32.0 Å². The van der Waals surface area contributed by atoms with Crippen LogP contribution in [0.4, 0.5) is 0 Å². The zero-order valence-corrected chi connectivity index (χ0v) is 9.32. The third kappa shape index (κ3) is 1.83. The van der Waals surface area contributed by atoms with E-state index in [0.29, 0.717) is 16.3 Å². The second-order valence-corrected chi connectivity index (χ2v) is 4.76. The zero-order chi connectivity index (χ0) is 11.2. The van der Waals surface area contributed by atoms with Crippen molar-refractivity contribution in [3.8, 4) is 5.75 Å². The minimum absolute atomic E-state index is 0.549. The lowest BCUT2D eigenvalue weighted by Crippen LogP contribution is -2.41. The van der Waals surface area contributed by atoms with E-state index >= 15 is 0 Å². The van der Waals surface area contributed by atoms with Gasteiger partial charge in [-0.1, -0.05) is 11.6 Å². The molecular weight excluding hydrogens is 216 g/mol. The smallest absolute Gasteiger partial charge is 0.157 e. The van der Waals surface area contributed by atoms with Gasteiger partial charge in [0.15, 0.2) is 6.10 Å². The van der Waals surface area contributed by atoms with Crippen molar-refractivity contribution in [3.63, 3.8) is 0 Å². The molecule has 2 atom stereocenters. The van der Waals surface area contributed by atoms with Crippen LogP contribution in [0.3, 0.4) is 0 Å². The Balaban J connectivity index is 2.38. The van der Waals surface area contributed by atoms with E-state index < -0.39 is 17.8 Å². The number of aliphatic hydroxyl groups excluding tert-OH is 1. The first-order valence-corrected chi connectivity index (χ1v) is 5.14. The summed E-state index contributed by atoms with van der Waals surface area (Å²) in [6, 6.07) is 5.06. The summed E-state index contributed by atoms with van der Waals surface area (Å²) in [5, 5.41) is 20.3. The number of aliphatic hydroxyl groups is 2. The van der Waals surface area contributed by atoms with Crippen molar-refractivity contribution in [3.05, 3.63) is 28.8 Å². The molecule has 1 aromatic carbocycles. The molecule has 0 radical (unpaired) electrons. The van der Waals surface area contributed by atoms with Gasteiger partial charge in [0.25, 0.3) is 0 Å². The zero-order valence-electron chi connectivity index (χ0n) is 8.57. The summed E-state index contributed by atoms with van der Waals surface area (Å²) in [4.78, 5) is 0. The lowest BCUT2D eigenvalue weighted by Gasteiger charge is -2.27. The summed E-state index contributed by atoms with van der Waals surface area (Å²) in [6.07, 6.45) is -1.48. The molecule has 0 saturated carbocycles. The van der Waals surface area contributed by atoms with Crippen molar-refractivity contribution in [1.82, 2.24) is 0 Å². The molecule has 0 unspecified atom stereocenters. The van der Waals surface area contributed by atoms with Crippen LogP contribution in [0.1, 0.15) is 25.5 Å². The van der Waals surface area contributed by atoms with Crippen LogP contribution in [-0.2, 0) is 0 Å². The molecule has 15 heavy (non-hydrogen) atoms. The maximum atomic E-state index is 9.96. The molecule has 4 heteroatoms. The lowest BCUT2D eigenvalue weighted by molar-refractivity contribution is -0.0762. The number of hydrogen-bond donors (Lipinski definition) is 2. The van der Waals surface area contributed by atoms with Crippen LogP contribution in [0.5, 0.6) is 5.75 Å². The van der Waals surface area contributed by atoms with E-state index in [-0.39, 0.29) is 0 Å². The van der Waals surface area contributed by atoms with E-state index in [1.165, 1.54) is 0 Å². The first-order chi connectivity index (χ1) is 6.89. The van der Waals surface area contributed by atoms with Gasteiger partial charge in [-0.05, 0) is 32.0 Å². The molecule has 0 saturated heterocycles. The molecule has 2 rings (SSSR count). The highest BCUT2D eigenvalue weighted by atomic mass is 35.5. The van der Waals surface area contributed by atoms with Gasteiger partial charge < -0.3 is 14.9 Å². The van der Waals surface area contributed by atoms with Crippen molar-refractivity contribution in [2.75, 3.05) is 0 Å². The molecule has 1 aromatic rings. The quantitative estimate of drug-likeness (QED) is 0.772. The van der Waals surface area contributed by atoms with Crippen molar-refractivity contribution < 1.29 is 14.9 Å². The van der Waals surface area contributed by atoms with Gasteiger partial charge >= 0.3 is 0 Å². The third-order valence-electron chi connectivity index (χ3n) is 2.53. The Kier molecular flexibility index (Phi) is 2.41. The normalized spacial score (nSPS) is 24.9. The average Bonchev–Trinajstić information content (AvgIpc) is 2.43. The highest BCUT2D eigenvalue weighted by molar-refractivity contribution is 6.30. The summed E-state index contributed by atoms with van der Waals surface area (Å²) >= 11 is 5.82. The van der Waals surface area contributed by atoms with Crippen LogP contribution in [0, 0.1) is 0 Å². The molecule has 1 aliphatic rings. The Morgan fingerprint density at radius 3 is 2.67 bits per heavy atom. The second kappa shape index (κ2) is 3.37. The third-order valence-corrected chi connectivity index (χ3v) is 2.76. The van der Waals surface area contributed by atoms with Gasteiger partial charge in [-0.2, -0.15) is 0 Å². The fraction of sp³-hybridized carbons (Fsp3) is 0.455. The predicted octanol–water partition coefficient (Wildman–Crippen LogP) is 1.91. The van der Waals surface area contributed by atoms with E-state index in [2.05, 4.69) is 0 Å². The molecule has 0 aromatic heterocycles. The molecule has 0 spiro atoms. The van der Waals surface area contributed by atoms with Gasteiger partial charge in [0.2, 0.25) is 0 Å². The van der Waals surface area contributed by atoms with E-state index in [9.17, 15) is 10.2 Å². The van der Waals surface area contributed by atoms with Gasteiger partial charge in [0, 0.05) is 10.6 Å². The second-order valence-electron chi connectivity index (χ2n) is 4.32. The number of halogens is 1. The molecular formula is C11H13ClO3. The number of fused-ring (bicyclic) bond motifs is 1. The van der Waals surface area contributed by atoms with Crippen LogP contribution in [-0.4, -0.2) is 21.9 Å². The molecule has 2 N–H and O–H groups in total. The van der Waals surface area contributed by atoms with Gasteiger partial charge in [0.1, 0.15) is 11.9 Å². The number of ether oxygens (including phenoxy) is 1. The fourth-order valence-corrected chi connectivity index (χ4v) is 1.93. The predicted molar refractivity (Wildman–Crippen MR) is 57.1 cm³/mol. The van der Waals surface area contributed by atoms with Gasteiger partial charge in [0.05, 0.1) is 5.60 Å². The SMILES string of the molecule is CC(C)(O)[C@@H]1Oc2ccc(Cl)cc2[C@@H]1O. The molecule has 3 nitrogen and oxygen atoms in total. The Bertz CT molecular complexity index is 384. The summed E-state index contributed by atoms with van der Waals surface area (Å²) in [5.41, 5.74) is -0.458. The summed E-state index contributed by atoms with van der Waals surface area (Å²) in [5.74, 6) is 0.582. The van der Waals surface area contributed by atoms with E-state index in [1.807, 2.05) is 0 Å². The highest BCUT2D eigenvalue weighted by Crippen LogP contribution is 2.41. The van der Waals surface area contributed by atoms with Crippen LogP contribution < -0.4 is 4.74 Å². The van der Waals surface area contributed by atoms with Crippen molar-refractivity contribution in [1.29, 1.82) is 0 Å². The summed E-state index contributed by atoms with van der Waals surface area (Å²) in [6.45, 7) is 3.21. The van der Waals surface area contributed by atoms with Crippen molar-refractivity contribution in [2.24, 2.45) is 0 Å². The molecule has 82 valence electrons. The maximum Gasteiger partial charge on any atom is 0.157 e. The van der Waals surface area contributed by atoms with Crippen molar-refractivity contribution >= 4 is 11.6 Å². The van der Waals surface area contributed by atoms with E-state index in [4.69, 9.17) is 16.3 Å². The van der Waals surface area contributed by atoms with Crippen LogP contribution in [0.2, 0.25) is 5.02 Å². The molecule has 1 heterocycles. The topological polar surface area (TPSA) is 49.7 Å². The largest absolute Gasteiger partial charge is 0.484 e.